The highest BCUT2D eigenvalue weighted by atomic mass is 16.6. The molecule has 1 fully saturated rings. The van der Waals surface area contributed by atoms with Crippen LogP contribution in [-0.2, 0) is 35.3 Å². The maximum Gasteiger partial charge on any atom is 0.408 e. The molecule has 7 atom stereocenters. The molecule has 1 aliphatic heterocycles. The van der Waals surface area contributed by atoms with Crippen LogP contribution in [0.2, 0.25) is 0 Å². The summed E-state index contributed by atoms with van der Waals surface area (Å²) >= 11 is 0. The number of unbranched alkanes of at least 4 members (excludes halogenated alkanes) is 19. The van der Waals surface area contributed by atoms with E-state index in [1.54, 1.807) is 24.3 Å². The molecule has 1 aliphatic rings. The second kappa shape index (κ2) is 32.1. The van der Waals surface area contributed by atoms with Gasteiger partial charge in [0.05, 0.1) is 19.3 Å². The first-order valence-electron chi connectivity index (χ1n) is 24.1. The molecule has 1 aromatic rings. The van der Waals surface area contributed by atoms with E-state index in [2.05, 4.69) is 29.8 Å². The number of ether oxygens (including phenoxy) is 2. The van der Waals surface area contributed by atoms with E-state index in [0.29, 0.717) is 12.8 Å². The van der Waals surface area contributed by atoms with E-state index >= 15 is 0 Å². The largest absolute Gasteiger partial charge is 0.445 e. The van der Waals surface area contributed by atoms with Crippen molar-refractivity contribution in [2.75, 3.05) is 19.7 Å². The average Bonchev–Trinajstić information content (AvgIpc) is 3.27. The Balaban J connectivity index is 2.09. The van der Waals surface area contributed by atoms with Crippen molar-refractivity contribution in [1.29, 1.82) is 0 Å². The van der Waals surface area contributed by atoms with E-state index in [1.807, 2.05) is 6.07 Å². The lowest BCUT2D eigenvalue weighted by atomic mass is 9.82. The summed E-state index contributed by atoms with van der Waals surface area (Å²) in [5.74, 6) is -6.58. The predicted molar refractivity (Wildman–Crippen MR) is 244 cm³/mol. The zero-order chi connectivity index (χ0) is 46.5. The Hall–Kier alpha value is -3.63. The van der Waals surface area contributed by atoms with Crippen molar-refractivity contribution in [3.05, 3.63) is 35.9 Å². The number of rotatable bonds is 34. The average molecular weight is 890 g/mol. The zero-order valence-corrected chi connectivity index (χ0v) is 39.0. The first kappa shape index (κ1) is 55.5. The lowest BCUT2D eigenvalue weighted by Crippen LogP contribution is -2.75. The van der Waals surface area contributed by atoms with Crippen LogP contribution in [0.15, 0.2) is 30.3 Å². The summed E-state index contributed by atoms with van der Waals surface area (Å²) in [6.07, 6.45) is 17.1. The first-order valence-corrected chi connectivity index (χ1v) is 24.1. The third-order valence-electron chi connectivity index (χ3n) is 12.0. The minimum Gasteiger partial charge on any atom is -0.445 e. The van der Waals surface area contributed by atoms with Crippen molar-refractivity contribution in [1.82, 2.24) is 20.9 Å². The van der Waals surface area contributed by atoms with Crippen LogP contribution in [0.1, 0.15) is 175 Å². The van der Waals surface area contributed by atoms with Gasteiger partial charge >= 0.3 is 6.09 Å². The van der Waals surface area contributed by atoms with Crippen LogP contribution in [0.25, 0.3) is 0 Å². The summed E-state index contributed by atoms with van der Waals surface area (Å²) in [4.78, 5) is 67.7. The number of carbonyl (C=O) groups is 5. The molecule has 0 radical (unpaired) electrons. The van der Waals surface area contributed by atoms with Crippen LogP contribution in [0.5, 0.6) is 0 Å². The van der Waals surface area contributed by atoms with Gasteiger partial charge in [-0.3, -0.25) is 24.9 Å². The summed E-state index contributed by atoms with van der Waals surface area (Å²) in [6, 6.07) is 6.78. The number of hydrogen-bond donors (Lipinski definition) is 7. The van der Waals surface area contributed by atoms with Gasteiger partial charge in [-0.1, -0.05) is 166 Å². The highest BCUT2D eigenvalue weighted by Crippen LogP contribution is 2.36. The molecular formula is C48H83N5O10. The first-order chi connectivity index (χ1) is 30.3. The Morgan fingerprint density at radius 2 is 1.21 bits per heavy atom. The van der Waals surface area contributed by atoms with Crippen LogP contribution >= 0.6 is 0 Å². The fourth-order valence-electron chi connectivity index (χ4n) is 8.02. The number of aliphatic hydroxyl groups excluding tert-OH is 3. The Labute approximate surface area is 377 Å². The molecule has 63 heavy (non-hydrogen) atoms. The number of Topliss-reactive ketones (excluding diaryl/α,β-unsaturated/α-hetero) is 1. The van der Waals surface area contributed by atoms with Crippen LogP contribution in [0.4, 0.5) is 4.79 Å². The molecule has 360 valence electrons. The molecule has 0 unspecified atom stereocenters. The third-order valence-corrected chi connectivity index (χ3v) is 12.0. The SMILES string of the molecule is CCCCCCCCCCCCCCN(C(=O)CCCCCCCCCCC)[C@]1(N)O[C@H](CO)[C@@H](O)[C@H](O)[C@H]1C(=O)CNC(=O)[C@H](C)NC(=O)[C@H](C)NC(=O)OCc1ccccc1. The Bertz CT molecular complexity index is 1450. The molecule has 0 aliphatic carbocycles. The van der Waals surface area contributed by atoms with E-state index in [-0.39, 0.29) is 25.5 Å². The van der Waals surface area contributed by atoms with Gasteiger partial charge in [-0.15, -0.1) is 0 Å². The molecule has 1 heterocycles. The smallest absolute Gasteiger partial charge is 0.408 e. The Kier molecular flexibility index (Phi) is 28.3. The molecule has 0 bridgehead atoms. The molecular weight excluding hydrogens is 807 g/mol. The van der Waals surface area contributed by atoms with Crippen molar-refractivity contribution in [2.45, 2.75) is 212 Å². The maximum absolute atomic E-state index is 14.1. The molecule has 0 aromatic heterocycles. The van der Waals surface area contributed by atoms with Crippen LogP contribution in [-0.4, -0.2) is 106 Å². The van der Waals surface area contributed by atoms with Gasteiger partial charge in [-0.25, -0.2) is 4.79 Å². The van der Waals surface area contributed by atoms with E-state index in [9.17, 15) is 39.3 Å². The number of ketones is 1. The highest BCUT2D eigenvalue weighted by Gasteiger charge is 2.58. The van der Waals surface area contributed by atoms with Crippen LogP contribution < -0.4 is 21.7 Å². The second-order valence-electron chi connectivity index (χ2n) is 17.4. The second-order valence-corrected chi connectivity index (χ2v) is 17.4. The number of nitrogens with one attached hydrogen (secondary N) is 3. The molecule has 2 rings (SSSR count). The van der Waals surface area contributed by atoms with Crippen LogP contribution in [0.3, 0.4) is 0 Å². The molecule has 0 spiro atoms. The Morgan fingerprint density at radius 3 is 1.73 bits per heavy atom. The monoisotopic (exact) mass is 890 g/mol. The number of hydrogen-bond acceptors (Lipinski definition) is 11. The van der Waals surface area contributed by atoms with Gasteiger partial charge in [-0.05, 0) is 32.3 Å². The topological polar surface area (TPSA) is 230 Å². The van der Waals surface area contributed by atoms with Crippen molar-refractivity contribution in [3.63, 3.8) is 0 Å². The molecule has 15 heteroatoms. The minimum absolute atomic E-state index is 0.000973. The van der Waals surface area contributed by atoms with Gasteiger partial charge in [0, 0.05) is 13.0 Å². The number of alkyl carbamates (subject to hydrolysis) is 1. The lowest BCUT2D eigenvalue weighted by molar-refractivity contribution is -0.291. The molecule has 15 nitrogen and oxygen atoms in total. The predicted octanol–water partition coefficient (Wildman–Crippen LogP) is 6.28. The number of nitrogens with two attached hydrogens (primary N) is 1. The number of carbonyl (C=O) groups excluding carboxylic acids is 5. The van der Waals surface area contributed by atoms with E-state index in [1.165, 1.54) is 89.4 Å². The number of aliphatic hydroxyl groups is 3. The zero-order valence-electron chi connectivity index (χ0n) is 39.0. The molecule has 1 aromatic carbocycles. The van der Waals surface area contributed by atoms with Crippen molar-refractivity contribution in [3.8, 4) is 0 Å². The third kappa shape index (κ3) is 20.8. The summed E-state index contributed by atoms with van der Waals surface area (Å²) < 4.78 is 11.2. The van der Waals surface area contributed by atoms with Gasteiger partial charge in [0.25, 0.3) is 0 Å². The van der Waals surface area contributed by atoms with Gasteiger partial charge < -0.3 is 45.6 Å². The maximum atomic E-state index is 14.1. The number of benzene rings is 1. The normalized spacial score (nSPS) is 20.6. The van der Waals surface area contributed by atoms with Gasteiger partial charge in [-0.2, -0.15) is 0 Å². The highest BCUT2D eigenvalue weighted by molar-refractivity contribution is 5.93. The molecule has 8 N–H and O–H groups in total. The lowest BCUT2D eigenvalue weighted by Gasteiger charge is -2.52. The van der Waals surface area contributed by atoms with Crippen LogP contribution in [0, 0.1) is 5.92 Å². The summed E-state index contributed by atoms with van der Waals surface area (Å²) in [7, 11) is 0. The fourth-order valence-corrected chi connectivity index (χ4v) is 8.02. The molecule has 0 saturated carbocycles. The standard InChI is InChI=1S/C48H83N5O10/c1-5-7-9-11-13-15-16-17-19-21-23-28-32-53(41(56)31-27-22-20-18-14-12-10-8-6-2)48(49)42(44(58)43(57)40(34-54)63-48)39(55)33-50-45(59)36(3)51-46(60)37(4)52-47(61)62-35-38-29-25-24-26-30-38/h24-26,29-30,36-37,40,42-44,54,57-58H,5-23,27-28,31-35,49H2,1-4H3,(H,50,59)(H,51,60)(H,52,61)/t36-,37-,40+,42+,43+,44+,48-/m0/s1. The quantitative estimate of drug-likeness (QED) is 0.0301. The Morgan fingerprint density at radius 1 is 0.714 bits per heavy atom. The van der Waals surface area contributed by atoms with Crippen molar-refractivity contribution >= 4 is 29.6 Å². The van der Waals surface area contributed by atoms with E-state index < -0.39 is 79.0 Å². The molecule has 1 saturated heterocycles. The van der Waals surface area contributed by atoms with Crippen molar-refractivity contribution < 1.29 is 48.8 Å². The van der Waals surface area contributed by atoms with Crippen molar-refractivity contribution in [2.24, 2.45) is 11.7 Å². The van der Waals surface area contributed by atoms with E-state index in [4.69, 9.17) is 15.2 Å². The minimum atomic E-state index is -2.25. The summed E-state index contributed by atoms with van der Waals surface area (Å²) in [5.41, 5.74) is 7.71. The fraction of sp³-hybridized carbons (Fsp3) is 0.771. The number of amides is 4. The summed E-state index contributed by atoms with van der Waals surface area (Å²) in [6.45, 7) is 5.92. The summed E-state index contributed by atoms with van der Waals surface area (Å²) in [5, 5.41) is 39.9. The van der Waals surface area contributed by atoms with Gasteiger partial charge in [0.15, 0.2) is 5.78 Å². The van der Waals surface area contributed by atoms with Gasteiger partial charge in [0.2, 0.25) is 23.6 Å². The molecule has 4 amide bonds. The van der Waals surface area contributed by atoms with E-state index in [0.717, 1.165) is 56.9 Å². The number of nitrogens with zero attached hydrogens (tertiary/aromatic N) is 1. The van der Waals surface area contributed by atoms with Gasteiger partial charge in [0.1, 0.15) is 36.8 Å².